The number of H-pyrrole nitrogens is 1. The number of ether oxygens (including phenoxy) is 1. The molecule has 0 amide bonds. The van der Waals surface area contributed by atoms with Crippen molar-refractivity contribution in [1.29, 1.82) is 0 Å². The van der Waals surface area contributed by atoms with E-state index in [2.05, 4.69) is 0 Å². The van der Waals surface area contributed by atoms with Crippen LogP contribution in [0.5, 0.6) is 0 Å². The molecule has 0 saturated carbocycles. The Kier molecular flexibility index (Phi) is 3.80. The highest BCUT2D eigenvalue weighted by Gasteiger charge is 2.53. The Balaban J connectivity index is 2.36. The van der Waals surface area contributed by atoms with Gasteiger partial charge in [-0.05, 0) is 6.92 Å². The van der Waals surface area contributed by atoms with Crippen LogP contribution in [0.1, 0.15) is 19.6 Å². The fourth-order valence-electron chi connectivity index (χ4n) is 2.25. The smallest absolute Gasteiger partial charge is 0.330 e. The monoisotopic (exact) mass is 288 g/mol. The molecule has 1 aliphatic heterocycles. The van der Waals surface area contributed by atoms with E-state index in [1.807, 2.05) is 4.98 Å². The molecule has 5 N–H and O–H groups in total. The van der Waals surface area contributed by atoms with E-state index >= 15 is 0 Å². The van der Waals surface area contributed by atoms with Crippen LogP contribution in [0.15, 0.2) is 21.9 Å². The maximum absolute atomic E-state index is 11.7. The van der Waals surface area contributed by atoms with Crippen molar-refractivity contribution < 1.29 is 25.2 Å². The highest BCUT2D eigenvalue weighted by Crippen LogP contribution is 2.38. The molecule has 20 heavy (non-hydrogen) atoms. The zero-order valence-electron chi connectivity index (χ0n) is 10.6. The normalized spacial score (nSPS) is 33.8. The van der Waals surface area contributed by atoms with Gasteiger partial charge < -0.3 is 25.2 Å². The van der Waals surface area contributed by atoms with Crippen LogP contribution >= 0.6 is 0 Å². The van der Waals surface area contributed by atoms with Gasteiger partial charge in [0.2, 0.25) is 0 Å². The number of nitrogens with zero attached hydrogens (tertiary/aromatic N) is 1. The molecule has 0 aromatic carbocycles. The third-order valence-corrected chi connectivity index (χ3v) is 3.30. The molecular weight excluding hydrogens is 272 g/mol. The largest absolute Gasteiger partial charge is 0.387 e. The Hall–Kier alpha value is -1.52. The summed E-state index contributed by atoms with van der Waals surface area (Å²) in [6.45, 7) is 1.25. The van der Waals surface area contributed by atoms with Crippen LogP contribution in [0.25, 0.3) is 0 Å². The first kappa shape index (κ1) is 14.9. The third-order valence-electron chi connectivity index (χ3n) is 3.30. The fourth-order valence-corrected chi connectivity index (χ4v) is 2.25. The summed E-state index contributed by atoms with van der Waals surface area (Å²) < 4.78 is 6.25. The minimum atomic E-state index is -1.83. The molecule has 9 heteroatoms. The molecule has 2 heterocycles. The Morgan fingerprint density at radius 2 is 2.15 bits per heavy atom. The average molecular weight is 288 g/mol. The predicted octanol–water partition coefficient (Wildman–Crippen LogP) is -2.75. The maximum atomic E-state index is 11.7. The average Bonchev–Trinajstić information content (AvgIpc) is 2.53. The molecule has 112 valence electrons. The third kappa shape index (κ3) is 2.53. The number of aromatic amines is 1. The Bertz CT molecular complexity index is 591. The second-order valence-corrected chi connectivity index (χ2v) is 4.93. The standard InChI is InChI=1S/C11H16N2O7/c1-11(19)8(17)5(4-7(15)16)20-9(11)13-3-2-6(14)12-10(13)18/h2-3,5,7-9,15-17,19H,4H2,1H3,(H,12,14,18)/t5-,8-,9?,11-/m1/s1. The van der Waals surface area contributed by atoms with E-state index in [9.17, 15) is 19.8 Å². The Labute approximate surface area is 112 Å². The van der Waals surface area contributed by atoms with E-state index in [0.29, 0.717) is 0 Å². The highest BCUT2D eigenvalue weighted by atomic mass is 16.6. The first-order valence-corrected chi connectivity index (χ1v) is 5.97. The van der Waals surface area contributed by atoms with Crippen molar-refractivity contribution in [3.05, 3.63) is 33.1 Å². The molecule has 9 nitrogen and oxygen atoms in total. The summed E-state index contributed by atoms with van der Waals surface area (Å²) in [7, 11) is 0. The minimum absolute atomic E-state index is 0.327. The van der Waals surface area contributed by atoms with E-state index in [1.165, 1.54) is 6.92 Å². The van der Waals surface area contributed by atoms with Crippen molar-refractivity contribution >= 4 is 0 Å². The molecule has 0 radical (unpaired) electrons. The van der Waals surface area contributed by atoms with Gasteiger partial charge in [0.1, 0.15) is 11.7 Å². The van der Waals surface area contributed by atoms with E-state index in [0.717, 1.165) is 16.8 Å². The molecule has 1 saturated heterocycles. The summed E-state index contributed by atoms with van der Waals surface area (Å²) in [5.74, 6) is 0. The van der Waals surface area contributed by atoms with Gasteiger partial charge in [-0.1, -0.05) is 0 Å². The molecule has 4 atom stereocenters. The molecule has 0 bridgehead atoms. The molecule has 0 aliphatic carbocycles. The van der Waals surface area contributed by atoms with Crippen molar-refractivity contribution in [3.8, 4) is 0 Å². The van der Waals surface area contributed by atoms with Crippen molar-refractivity contribution in [2.45, 2.75) is 43.7 Å². The van der Waals surface area contributed by atoms with Gasteiger partial charge in [-0.2, -0.15) is 0 Å². The molecule has 1 aliphatic rings. The zero-order chi connectivity index (χ0) is 15.1. The Morgan fingerprint density at radius 1 is 1.50 bits per heavy atom. The highest BCUT2D eigenvalue weighted by molar-refractivity contribution is 5.00. The maximum Gasteiger partial charge on any atom is 0.330 e. The summed E-state index contributed by atoms with van der Waals surface area (Å²) in [6, 6.07) is 1.07. The number of hydrogen-bond acceptors (Lipinski definition) is 7. The van der Waals surface area contributed by atoms with Crippen molar-refractivity contribution in [2.75, 3.05) is 0 Å². The fraction of sp³-hybridized carbons (Fsp3) is 0.636. The van der Waals surface area contributed by atoms with Gasteiger partial charge in [-0.25, -0.2) is 4.79 Å². The molecular formula is C11H16N2O7. The van der Waals surface area contributed by atoms with Crippen LogP contribution in [-0.4, -0.2) is 54.1 Å². The lowest BCUT2D eigenvalue weighted by molar-refractivity contribution is -0.110. The number of aliphatic hydroxyl groups is 4. The number of hydrogen-bond donors (Lipinski definition) is 5. The number of aliphatic hydroxyl groups excluding tert-OH is 2. The van der Waals surface area contributed by atoms with Gasteiger partial charge in [-0.3, -0.25) is 14.3 Å². The molecule has 1 aromatic rings. The van der Waals surface area contributed by atoms with E-state index < -0.39 is 41.6 Å². The summed E-state index contributed by atoms with van der Waals surface area (Å²) in [5.41, 5.74) is -3.24. The van der Waals surface area contributed by atoms with Crippen LogP contribution in [0.2, 0.25) is 0 Å². The summed E-state index contributed by atoms with van der Waals surface area (Å²) >= 11 is 0. The van der Waals surface area contributed by atoms with Crippen LogP contribution in [0.4, 0.5) is 0 Å². The number of rotatable bonds is 3. The topological polar surface area (TPSA) is 145 Å². The quantitative estimate of drug-likeness (QED) is 0.379. The van der Waals surface area contributed by atoms with Crippen molar-refractivity contribution in [1.82, 2.24) is 9.55 Å². The lowest BCUT2D eigenvalue weighted by Crippen LogP contribution is -2.46. The summed E-state index contributed by atoms with van der Waals surface area (Å²) in [6.07, 6.45) is -4.67. The number of nitrogens with one attached hydrogen (secondary N) is 1. The molecule has 2 rings (SSSR count). The Morgan fingerprint density at radius 3 is 2.70 bits per heavy atom. The first-order chi connectivity index (χ1) is 9.23. The van der Waals surface area contributed by atoms with E-state index in [1.54, 1.807) is 0 Å². The van der Waals surface area contributed by atoms with Crippen LogP contribution in [0.3, 0.4) is 0 Å². The zero-order valence-corrected chi connectivity index (χ0v) is 10.6. The van der Waals surface area contributed by atoms with Crippen molar-refractivity contribution in [3.63, 3.8) is 0 Å². The second kappa shape index (κ2) is 5.11. The van der Waals surface area contributed by atoms with Gasteiger partial charge >= 0.3 is 5.69 Å². The minimum Gasteiger partial charge on any atom is -0.387 e. The molecule has 1 fully saturated rings. The molecule has 0 spiro atoms. The lowest BCUT2D eigenvalue weighted by atomic mass is 9.95. The van der Waals surface area contributed by atoms with Crippen LogP contribution in [-0.2, 0) is 4.74 Å². The summed E-state index contributed by atoms with van der Waals surface area (Å²) in [5, 5.41) is 38.1. The second-order valence-electron chi connectivity index (χ2n) is 4.93. The van der Waals surface area contributed by atoms with E-state index in [4.69, 9.17) is 14.9 Å². The number of aromatic nitrogens is 2. The summed E-state index contributed by atoms with van der Waals surface area (Å²) in [4.78, 5) is 24.7. The van der Waals surface area contributed by atoms with Gasteiger partial charge in [0.25, 0.3) is 5.56 Å². The van der Waals surface area contributed by atoms with Crippen LogP contribution < -0.4 is 11.2 Å². The first-order valence-electron chi connectivity index (χ1n) is 5.97. The van der Waals surface area contributed by atoms with Gasteiger partial charge in [0, 0.05) is 18.7 Å². The van der Waals surface area contributed by atoms with Crippen LogP contribution in [0, 0.1) is 0 Å². The predicted molar refractivity (Wildman–Crippen MR) is 64.7 cm³/mol. The molecule has 1 unspecified atom stereocenters. The van der Waals surface area contributed by atoms with E-state index in [-0.39, 0.29) is 6.42 Å². The van der Waals surface area contributed by atoms with Crippen molar-refractivity contribution in [2.24, 2.45) is 0 Å². The molecule has 1 aromatic heterocycles. The SMILES string of the molecule is C[C@]1(O)C(n2ccc(=O)[nH]c2=O)O[C@H](CC(O)O)[C@H]1O. The van der Waals surface area contributed by atoms with Gasteiger partial charge in [0.15, 0.2) is 12.5 Å². The lowest BCUT2D eigenvalue weighted by Gasteiger charge is -2.27. The van der Waals surface area contributed by atoms with Gasteiger partial charge in [-0.15, -0.1) is 0 Å². The van der Waals surface area contributed by atoms with Gasteiger partial charge in [0.05, 0.1) is 6.10 Å².